The monoisotopic (exact) mass is 408 g/mol. The minimum Gasteiger partial charge on any atom is -0.363 e. The van der Waals surface area contributed by atoms with Gasteiger partial charge >= 0.3 is 0 Å². The standard InChI is InChI=1S/C23H19F3N4/c1-13(17-9-6-10-18(20(17)24)21(25)26)28-23-19-11-16(15-7-4-3-5-8-15)12-27-22(19)29-14(2)30-23/h3-13,21H,1-2H3,(H,27,28,29,30)/t13-/m1/s1. The second-order valence-corrected chi connectivity index (χ2v) is 7.00. The number of pyridine rings is 1. The molecule has 1 atom stereocenters. The van der Waals surface area contributed by atoms with Gasteiger partial charge in [-0.05, 0) is 25.5 Å². The third-order valence-corrected chi connectivity index (χ3v) is 4.88. The first kappa shape index (κ1) is 19.8. The molecule has 4 nitrogen and oxygen atoms in total. The van der Waals surface area contributed by atoms with Crippen molar-refractivity contribution >= 4 is 16.9 Å². The Balaban J connectivity index is 1.76. The number of hydrogen-bond donors (Lipinski definition) is 1. The molecule has 0 aliphatic heterocycles. The Bertz CT molecular complexity index is 1200. The zero-order chi connectivity index (χ0) is 21.3. The van der Waals surface area contributed by atoms with E-state index in [4.69, 9.17) is 0 Å². The highest BCUT2D eigenvalue weighted by molar-refractivity contribution is 5.90. The van der Waals surface area contributed by atoms with Crippen molar-refractivity contribution in [3.05, 3.63) is 83.6 Å². The van der Waals surface area contributed by atoms with Crippen LogP contribution in [0.2, 0.25) is 0 Å². The maximum atomic E-state index is 14.6. The van der Waals surface area contributed by atoms with Gasteiger partial charge in [0.15, 0.2) is 5.65 Å². The van der Waals surface area contributed by atoms with Crippen LogP contribution >= 0.6 is 0 Å². The fourth-order valence-corrected chi connectivity index (χ4v) is 3.37. The number of fused-ring (bicyclic) bond motifs is 1. The van der Waals surface area contributed by atoms with E-state index >= 15 is 0 Å². The zero-order valence-electron chi connectivity index (χ0n) is 16.4. The molecular weight excluding hydrogens is 389 g/mol. The molecule has 30 heavy (non-hydrogen) atoms. The van der Waals surface area contributed by atoms with Gasteiger partial charge in [-0.3, -0.25) is 0 Å². The Morgan fingerprint density at radius 3 is 2.37 bits per heavy atom. The maximum absolute atomic E-state index is 14.6. The van der Waals surface area contributed by atoms with E-state index in [1.807, 2.05) is 36.4 Å². The van der Waals surface area contributed by atoms with Crippen molar-refractivity contribution in [1.29, 1.82) is 0 Å². The van der Waals surface area contributed by atoms with Crippen molar-refractivity contribution in [3.63, 3.8) is 0 Å². The van der Waals surface area contributed by atoms with Gasteiger partial charge in [-0.1, -0.05) is 48.5 Å². The number of anilines is 1. The highest BCUT2D eigenvalue weighted by atomic mass is 19.3. The summed E-state index contributed by atoms with van der Waals surface area (Å²) in [5.74, 6) is 0.0572. The summed E-state index contributed by atoms with van der Waals surface area (Å²) in [6.07, 6.45) is -1.14. The van der Waals surface area contributed by atoms with E-state index in [-0.39, 0.29) is 5.56 Å². The smallest absolute Gasteiger partial charge is 0.266 e. The molecule has 1 N–H and O–H groups in total. The topological polar surface area (TPSA) is 50.7 Å². The van der Waals surface area contributed by atoms with Gasteiger partial charge in [-0.25, -0.2) is 28.1 Å². The Morgan fingerprint density at radius 2 is 1.63 bits per heavy atom. The van der Waals surface area contributed by atoms with Crippen LogP contribution in [0.25, 0.3) is 22.2 Å². The molecule has 0 aliphatic rings. The Labute approximate surface area is 171 Å². The van der Waals surface area contributed by atoms with Crippen LogP contribution in [-0.4, -0.2) is 15.0 Å². The summed E-state index contributed by atoms with van der Waals surface area (Å²) in [7, 11) is 0. The van der Waals surface area contributed by atoms with Crippen LogP contribution in [0.1, 0.15) is 36.3 Å². The molecular formula is C23H19F3N4. The van der Waals surface area contributed by atoms with Crippen LogP contribution < -0.4 is 5.32 Å². The van der Waals surface area contributed by atoms with Crippen LogP contribution in [0.5, 0.6) is 0 Å². The third-order valence-electron chi connectivity index (χ3n) is 4.88. The van der Waals surface area contributed by atoms with Crippen LogP contribution in [0, 0.1) is 12.7 Å². The second kappa shape index (κ2) is 8.10. The number of nitrogens with zero attached hydrogens (tertiary/aromatic N) is 3. The largest absolute Gasteiger partial charge is 0.363 e. The van der Waals surface area contributed by atoms with Crippen molar-refractivity contribution < 1.29 is 13.2 Å². The van der Waals surface area contributed by atoms with Crippen molar-refractivity contribution in [3.8, 4) is 11.1 Å². The molecule has 7 heteroatoms. The average Bonchev–Trinajstić information content (AvgIpc) is 2.74. The Hall–Kier alpha value is -3.48. The zero-order valence-corrected chi connectivity index (χ0v) is 16.4. The molecule has 0 bridgehead atoms. The third kappa shape index (κ3) is 3.83. The van der Waals surface area contributed by atoms with Crippen LogP contribution in [-0.2, 0) is 0 Å². The summed E-state index contributed by atoms with van der Waals surface area (Å²) < 4.78 is 40.7. The number of alkyl halides is 2. The quantitative estimate of drug-likeness (QED) is 0.424. The molecule has 0 unspecified atom stereocenters. The van der Waals surface area contributed by atoms with Gasteiger partial charge in [0.25, 0.3) is 6.43 Å². The molecule has 152 valence electrons. The van der Waals surface area contributed by atoms with Gasteiger partial charge in [0, 0.05) is 17.3 Å². The summed E-state index contributed by atoms with van der Waals surface area (Å²) in [4.78, 5) is 13.3. The molecule has 0 spiro atoms. The maximum Gasteiger partial charge on any atom is 0.266 e. The number of aromatic nitrogens is 3. The Morgan fingerprint density at radius 1 is 0.900 bits per heavy atom. The minimum absolute atomic E-state index is 0.143. The second-order valence-electron chi connectivity index (χ2n) is 7.00. The van der Waals surface area contributed by atoms with Gasteiger partial charge in [0.1, 0.15) is 17.5 Å². The van der Waals surface area contributed by atoms with Gasteiger partial charge in [-0.2, -0.15) is 0 Å². The molecule has 4 rings (SSSR count). The van der Waals surface area contributed by atoms with E-state index in [1.165, 1.54) is 12.1 Å². The van der Waals surface area contributed by atoms with Crippen molar-refractivity contribution in [2.45, 2.75) is 26.3 Å². The first-order valence-corrected chi connectivity index (χ1v) is 9.47. The number of nitrogens with one attached hydrogen (secondary N) is 1. The first-order chi connectivity index (χ1) is 14.4. The average molecular weight is 408 g/mol. The molecule has 2 aromatic heterocycles. The van der Waals surface area contributed by atoms with E-state index in [9.17, 15) is 13.2 Å². The molecule has 0 saturated carbocycles. The molecule has 4 aromatic rings. The van der Waals surface area contributed by atoms with Crippen LogP contribution in [0.3, 0.4) is 0 Å². The molecule has 0 fully saturated rings. The van der Waals surface area contributed by atoms with Crippen LogP contribution in [0.4, 0.5) is 19.0 Å². The molecule has 0 amide bonds. The SMILES string of the molecule is Cc1nc(N[C@H](C)c2cccc(C(F)F)c2F)c2cc(-c3ccccc3)cnc2n1. The fourth-order valence-electron chi connectivity index (χ4n) is 3.37. The van der Waals surface area contributed by atoms with Crippen molar-refractivity contribution in [1.82, 2.24) is 15.0 Å². The minimum atomic E-state index is -2.88. The number of benzene rings is 2. The van der Waals surface area contributed by atoms with Gasteiger partial charge in [0.05, 0.1) is 17.0 Å². The Kier molecular flexibility index (Phi) is 5.35. The molecule has 0 saturated heterocycles. The molecule has 0 aliphatic carbocycles. The van der Waals surface area contributed by atoms with Gasteiger partial charge in [0.2, 0.25) is 0 Å². The van der Waals surface area contributed by atoms with Gasteiger partial charge < -0.3 is 5.32 Å². The van der Waals surface area contributed by atoms with Crippen molar-refractivity contribution in [2.24, 2.45) is 0 Å². The van der Waals surface area contributed by atoms with Crippen LogP contribution in [0.15, 0.2) is 60.8 Å². The highest BCUT2D eigenvalue weighted by Gasteiger charge is 2.20. The first-order valence-electron chi connectivity index (χ1n) is 9.47. The summed E-state index contributed by atoms with van der Waals surface area (Å²) in [5.41, 5.74) is 1.90. The molecule has 0 radical (unpaired) electrons. The summed E-state index contributed by atoms with van der Waals surface area (Å²) in [6.45, 7) is 3.44. The lowest BCUT2D eigenvalue weighted by Gasteiger charge is -2.18. The number of hydrogen-bond acceptors (Lipinski definition) is 4. The van der Waals surface area contributed by atoms with E-state index in [2.05, 4.69) is 20.3 Å². The predicted molar refractivity (Wildman–Crippen MR) is 111 cm³/mol. The lowest BCUT2D eigenvalue weighted by Crippen LogP contribution is -2.12. The normalized spacial score (nSPS) is 12.3. The summed E-state index contributed by atoms with van der Waals surface area (Å²) >= 11 is 0. The van der Waals surface area contributed by atoms with Gasteiger partial charge in [-0.15, -0.1) is 0 Å². The van der Waals surface area contributed by atoms with E-state index in [0.717, 1.165) is 17.2 Å². The van der Waals surface area contributed by atoms with E-state index in [0.29, 0.717) is 22.7 Å². The summed E-state index contributed by atoms with van der Waals surface area (Å²) in [6, 6.07) is 15.1. The molecule has 2 aromatic carbocycles. The number of rotatable bonds is 5. The summed E-state index contributed by atoms with van der Waals surface area (Å²) in [5, 5.41) is 3.82. The fraction of sp³-hybridized carbons (Fsp3) is 0.174. The number of halogens is 3. The van der Waals surface area contributed by atoms with E-state index in [1.54, 1.807) is 20.0 Å². The highest BCUT2D eigenvalue weighted by Crippen LogP contribution is 2.31. The lowest BCUT2D eigenvalue weighted by molar-refractivity contribution is 0.146. The van der Waals surface area contributed by atoms with Crippen molar-refractivity contribution in [2.75, 3.05) is 5.32 Å². The number of aryl methyl sites for hydroxylation is 1. The molecule has 2 heterocycles. The lowest BCUT2D eigenvalue weighted by atomic mass is 10.0. The predicted octanol–water partition coefficient (Wildman–Crippen LogP) is 6.25. The van der Waals surface area contributed by atoms with E-state index < -0.39 is 23.8 Å².